The van der Waals surface area contributed by atoms with E-state index in [1.165, 1.54) is 6.20 Å². The van der Waals surface area contributed by atoms with Crippen molar-refractivity contribution in [3.05, 3.63) is 11.1 Å². The Bertz CT molecular complexity index is 196. The molecule has 1 rings (SSSR count). The first-order valence-electron chi connectivity index (χ1n) is 1.92. The topological polar surface area (TPSA) is 56.0 Å². The van der Waals surface area contributed by atoms with E-state index in [9.17, 15) is 4.79 Å². The van der Waals surface area contributed by atoms with Crippen molar-refractivity contribution in [2.75, 3.05) is 5.73 Å². The average molecular weight is 127 g/mol. The number of anilines is 1. The van der Waals surface area contributed by atoms with Crippen LogP contribution in [0.2, 0.25) is 0 Å². The van der Waals surface area contributed by atoms with Gasteiger partial charge in [-0.3, -0.25) is 4.79 Å². The first kappa shape index (κ1) is 5.24. The van der Waals surface area contributed by atoms with Gasteiger partial charge in [-0.2, -0.15) is 0 Å². The quantitative estimate of drug-likeness (QED) is 0.585. The Labute approximate surface area is 50.2 Å². The van der Waals surface area contributed by atoms with Crippen LogP contribution < -0.4 is 5.73 Å². The number of nitrogen functional groups attached to an aromatic ring is 1. The molecule has 2 N–H and O–H groups in total. The van der Waals surface area contributed by atoms with Crippen LogP contribution in [0.5, 0.6) is 0 Å². The zero-order valence-electron chi connectivity index (χ0n) is 3.92. The molecule has 1 radical (unpaired) electrons. The summed E-state index contributed by atoms with van der Waals surface area (Å²) in [5.41, 5.74) is 5.18. The number of nitrogens with two attached hydrogens (primary N) is 1. The minimum Gasteiger partial charge on any atom is -0.375 e. The van der Waals surface area contributed by atoms with Crippen LogP contribution in [0.15, 0.2) is 6.20 Å². The number of rotatable bonds is 1. The Kier molecular flexibility index (Phi) is 1.26. The van der Waals surface area contributed by atoms with Crippen molar-refractivity contribution in [2.24, 2.45) is 0 Å². The highest BCUT2D eigenvalue weighted by molar-refractivity contribution is 7.16. The van der Waals surface area contributed by atoms with Gasteiger partial charge in [0.05, 0.1) is 6.20 Å². The van der Waals surface area contributed by atoms with Crippen LogP contribution >= 0.6 is 11.3 Å². The van der Waals surface area contributed by atoms with E-state index in [4.69, 9.17) is 5.73 Å². The van der Waals surface area contributed by atoms with Crippen molar-refractivity contribution in [1.82, 2.24) is 4.98 Å². The third-order valence-corrected chi connectivity index (χ3v) is 1.35. The smallest absolute Gasteiger partial charge is 0.246 e. The molecule has 4 heteroatoms. The summed E-state index contributed by atoms with van der Waals surface area (Å²) in [5, 5.41) is 0.406. The van der Waals surface area contributed by atoms with Crippen LogP contribution in [-0.4, -0.2) is 11.3 Å². The van der Waals surface area contributed by atoms with Gasteiger partial charge < -0.3 is 5.73 Å². The van der Waals surface area contributed by atoms with Crippen LogP contribution in [0.25, 0.3) is 0 Å². The summed E-state index contributed by atoms with van der Waals surface area (Å²) in [6.45, 7) is 0. The predicted molar refractivity (Wildman–Crippen MR) is 31.3 cm³/mol. The molecule has 0 spiro atoms. The van der Waals surface area contributed by atoms with E-state index in [0.29, 0.717) is 10.0 Å². The second-order valence-corrected chi connectivity index (χ2v) is 2.23. The third kappa shape index (κ3) is 0.840. The summed E-state index contributed by atoms with van der Waals surface area (Å²) in [7, 11) is 0. The van der Waals surface area contributed by atoms with Crippen LogP contribution in [-0.2, 0) is 4.79 Å². The monoisotopic (exact) mass is 127 g/mol. The van der Waals surface area contributed by atoms with E-state index in [1.807, 2.05) is 0 Å². The van der Waals surface area contributed by atoms with Gasteiger partial charge in [-0.15, -0.1) is 0 Å². The second kappa shape index (κ2) is 1.92. The summed E-state index contributed by atoms with van der Waals surface area (Å²) in [6, 6.07) is 0. The molecule has 0 atom stereocenters. The zero-order valence-corrected chi connectivity index (χ0v) is 4.73. The maximum Gasteiger partial charge on any atom is 0.246 e. The van der Waals surface area contributed by atoms with Crippen LogP contribution in [0.4, 0.5) is 5.13 Å². The molecule has 0 saturated carbocycles. The predicted octanol–water partition coefficient (Wildman–Crippen LogP) is 0.183. The Balaban J connectivity index is 3.00. The maximum absolute atomic E-state index is 9.81. The normalized spacial score (nSPS) is 9.00. The Hall–Kier alpha value is -0.900. The SMILES string of the molecule is Nc1ncc([C]=O)s1. The number of thiazole rings is 1. The minimum atomic E-state index is 0.406. The van der Waals surface area contributed by atoms with Gasteiger partial charge in [0.15, 0.2) is 5.13 Å². The highest BCUT2D eigenvalue weighted by Crippen LogP contribution is 2.10. The zero-order chi connectivity index (χ0) is 5.98. The van der Waals surface area contributed by atoms with Crippen molar-refractivity contribution in [2.45, 2.75) is 0 Å². The van der Waals surface area contributed by atoms with E-state index < -0.39 is 0 Å². The fourth-order valence-corrected chi connectivity index (χ4v) is 0.813. The van der Waals surface area contributed by atoms with Crippen LogP contribution in [0.1, 0.15) is 4.88 Å². The number of carbonyl (C=O) groups excluding carboxylic acids is 1. The fraction of sp³-hybridized carbons (Fsp3) is 0. The number of nitrogens with zero attached hydrogens (tertiary/aromatic N) is 1. The fourth-order valence-electron chi connectivity index (χ4n) is 0.335. The number of hydrogen-bond donors (Lipinski definition) is 1. The van der Waals surface area contributed by atoms with Crippen molar-refractivity contribution in [1.29, 1.82) is 0 Å². The lowest BCUT2D eigenvalue weighted by Crippen LogP contribution is -1.77. The molecular formula is C4H3N2OS. The molecule has 0 aliphatic carbocycles. The van der Waals surface area contributed by atoms with Crippen molar-refractivity contribution in [3.63, 3.8) is 0 Å². The first-order chi connectivity index (χ1) is 3.83. The molecule has 41 valence electrons. The molecule has 0 fully saturated rings. The third-order valence-electron chi connectivity index (χ3n) is 0.624. The largest absolute Gasteiger partial charge is 0.375 e. The number of aromatic nitrogens is 1. The van der Waals surface area contributed by atoms with Gasteiger partial charge in [-0.05, 0) is 0 Å². The van der Waals surface area contributed by atoms with E-state index in [2.05, 4.69) is 4.98 Å². The van der Waals surface area contributed by atoms with Gasteiger partial charge in [0.1, 0.15) is 4.88 Å². The number of hydrogen-bond acceptors (Lipinski definition) is 4. The van der Waals surface area contributed by atoms with Gasteiger partial charge >= 0.3 is 0 Å². The Morgan fingerprint density at radius 2 is 2.62 bits per heavy atom. The van der Waals surface area contributed by atoms with Gasteiger partial charge in [0.2, 0.25) is 6.29 Å². The lowest BCUT2D eigenvalue weighted by Gasteiger charge is -1.69. The van der Waals surface area contributed by atoms with E-state index in [0.717, 1.165) is 11.3 Å². The lowest BCUT2D eigenvalue weighted by atomic mass is 10.6. The van der Waals surface area contributed by atoms with Crippen molar-refractivity contribution >= 4 is 22.8 Å². The molecule has 1 aromatic rings. The molecule has 0 aliphatic heterocycles. The Morgan fingerprint density at radius 3 is 2.88 bits per heavy atom. The molecule has 1 aromatic heterocycles. The summed E-state index contributed by atoms with van der Waals surface area (Å²) >= 11 is 1.13. The van der Waals surface area contributed by atoms with Gasteiger partial charge in [0.25, 0.3) is 0 Å². The lowest BCUT2D eigenvalue weighted by molar-refractivity contribution is 0.563. The molecule has 0 unspecified atom stereocenters. The summed E-state index contributed by atoms with van der Waals surface area (Å²) in [4.78, 5) is 13.9. The highest BCUT2D eigenvalue weighted by Gasteiger charge is 1.93. The second-order valence-electron chi connectivity index (χ2n) is 1.16. The van der Waals surface area contributed by atoms with Gasteiger partial charge in [-0.1, -0.05) is 11.3 Å². The highest BCUT2D eigenvalue weighted by atomic mass is 32.1. The first-order valence-corrected chi connectivity index (χ1v) is 2.74. The molecule has 3 nitrogen and oxygen atoms in total. The minimum absolute atomic E-state index is 0.406. The average Bonchev–Trinajstić information content (AvgIpc) is 2.14. The summed E-state index contributed by atoms with van der Waals surface area (Å²) < 4.78 is 0. The molecular weight excluding hydrogens is 124 g/mol. The summed E-state index contributed by atoms with van der Waals surface area (Å²) in [6.07, 6.45) is 3.07. The molecule has 0 amide bonds. The van der Waals surface area contributed by atoms with Crippen LogP contribution in [0, 0.1) is 0 Å². The standard InChI is InChI=1S/C4H3N2OS/c5-4-6-1-3(2-7)8-4/h1H,(H2,5,6). The molecule has 0 aromatic carbocycles. The Morgan fingerprint density at radius 1 is 1.88 bits per heavy atom. The van der Waals surface area contributed by atoms with Crippen molar-refractivity contribution < 1.29 is 4.79 Å². The van der Waals surface area contributed by atoms with E-state index in [-0.39, 0.29) is 0 Å². The van der Waals surface area contributed by atoms with Crippen LogP contribution in [0.3, 0.4) is 0 Å². The molecule has 0 bridgehead atoms. The molecule has 8 heavy (non-hydrogen) atoms. The molecule has 0 saturated heterocycles. The van der Waals surface area contributed by atoms with E-state index >= 15 is 0 Å². The maximum atomic E-state index is 9.81. The van der Waals surface area contributed by atoms with E-state index in [1.54, 1.807) is 6.29 Å². The molecule has 0 aliphatic rings. The summed E-state index contributed by atoms with van der Waals surface area (Å²) in [5.74, 6) is 0. The van der Waals surface area contributed by atoms with Gasteiger partial charge in [-0.25, -0.2) is 4.98 Å². The van der Waals surface area contributed by atoms with Gasteiger partial charge in [0, 0.05) is 0 Å². The molecule has 1 heterocycles. The van der Waals surface area contributed by atoms with Crippen molar-refractivity contribution in [3.8, 4) is 0 Å².